The van der Waals surface area contributed by atoms with E-state index in [0.717, 1.165) is 32.4 Å². The number of nitrogens with two attached hydrogens (primary N) is 1. The van der Waals surface area contributed by atoms with Crippen molar-refractivity contribution in [3.8, 4) is 0 Å². The molecule has 6 nitrogen and oxygen atoms in total. The zero-order valence-corrected chi connectivity index (χ0v) is 12.5. The van der Waals surface area contributed by atoms with E-state index >= 15 is 0 Å². The maximum atomic E-state index is 12.1. The highest BCUT2D eigenvalue weighted by Gasteiger charge is 2.27. The Labute approximate surface area is 120 Å². The van der Waals surface area contributed by atoms with E-state index in [1.54, 1.807) is 7.05 Å². The van der Waals surface area contributed by atoms with Crippen molar-refractivity contribution in [1.29, 1.82) is 0 Å². The number of rotatable bonds is 5. The third kappa shape index (κ3) is 4.45. The van der Waals surface area contributed by atoms with Crippen molar-refractivity contribution >= 4 is 11.8 Å². The first-order chi connectivity index (χ1) is 9.45. The number of amides is 2. The van der Waals surface area contributed by atoms with Crippen LogP contribution < -0.4 is 11.1 Å². The number of nitrogens with one attached hydrogen (secondary N) is 1. The molecule has 1 heterocycles. The van der Waals surface area contributed by atoms with Crippen molar-refractivity contribution in [2.45, 2.75) is 38.3 Å². The van der Waals surface area contributed by atoms with Crippen LogP contribution in [0.4, 0.5) is 0 Å². The third-order valence-electron chi connectivity index (χ3n) is 4.21. The molecule has 0 aromatic rings. The van der Waals surface area contributed by atoms with Gasteiger partial charge in [-0.3, -0.25) is 14.5 Å². The van der Waals surface area contributed by atoms with Gasteiger partial charge in [-0.15, -0.1) is 0 Å². The van der Waals surface area contributed by atoms with E-state index in [9.17, 15) is 9.59 Å². The summed E-state index contributed by atoms with van der Waals surface area (Å²) < 4.78 is 0. The molecule has 1 saturated heterocycles. The Morgan fingerprint density at radius 1 is 1.35 bits per heavy atom. The maximum absolute atomic E-state index is 12.1. The second-order valence-electron chi connectivity index (χ2n) is 6.26. The van der Waals surface area contributed by atoms with Crippen molar-refractivity contribution in [1.82, 2.24) is 15.1 Å². The lowest BCUT2D eigenvalue weighted by Crippen LogP contribution is -2.51. The summed E-state index contributed by atoms with van der Waals surface area (Å²) in [7, 11) is 1.68. The number of likely N-dealkylation sites (tertiary alicyclic amines) is 1. The molecule has 114 valence electrons. The van der Waals surface area contributed by atoms with E-state index < -0.39 is 0 Å². The smallest absolute Gasteiger partial charge is 0.239 e. The Balaban J connectivity index is 1.71. The molecule has 3 N–H and O–H groups in total. The van der Waals surface area contributed by atoms with E-state index in [2.05, 4.69) is 17.1 Å². The fourth-order valence-electron chi connectivity index (χ4n) is 2.43. The quantitative estimate of drug-likeness (QED) is 0.705. The molecule has 0 aromatic heterocycles. The topological polar surface area (TPSA) is 78.7 Å². The van der Waals surface area contributed by atoms with Crippen LogP contribution in [0.2, 0.25) is 0 Å². The van der Waals surface area contributed by atoms with Gasteiger partial charge in [0.2, 0.25) is 11.8 Å². The average molecular weight is 282 g/mol. The molecular weight excluding hydrogens is 256 g/mol. The number of piperidine rings is 1. The minimum atomic E-state index is -0.0627. The van der Waals surface area contributed by atoms with E-state index in [0.29, 0.717) is 18.5 Å². The molecule has 2 amide bonds. The molecule has 0 radical (unpaired) electrons. The van der Waals surface area contributed by atoms with Crippen LogP contribution >= 0.6 is 0 Å². The molecule has 2 rings (SSSR count). The highest BCUT2D eigenvalue weighted by atomic mass is 16.2. The van der Waals surface area contributed by atoms with Gasteiger partial charge in [0.05, 0.1) is 13.1 Å². The minimum Gasteiger partial charge on any atom is -0.352 e. The van der Waals surface area contributed by atoms with E-state index in [1.807, 2.05) is 0 Å². The SMILES string of the molecule is CC1CCN(CC(=O)N(C)CC(=O)NC2CC2)CC1N. The van der Waals surface area contributed by atoms with Crippen LogP contribution in [0.15, 0.2) is 0 Å². The van der Waals surface area contributed by atoms with Gasteiger partial charge in [0.1, 0.15) is 0 Å². The van der Waals surface area contributed by atoms with Gasteiger partial charge in [0.25, 0.3) is 0 Å². The summed E-state index contributed by atoms with van der Waals surface area (Å²) in [6.45, 7) is 4.31. The van der Waals surface area contributed by atoms with Gasteiger partial charge in [-0.05, 0) is 31.7 Å². The molecule has 0 aromatic carbocycles. The molecule has 2 unspecified atom stereocenters. The Morgan fingerprint density at radius 2 is 2.05 bits per heavy atom. The Hall–Kier alpha value is -1.14. The third-order valence-corrected chi connectivity index (χ3v) is 4.21. The fourth-order valence-corrected chi connectivity index (χ4v) is 2.43. The van der Waals surface area contributed by atoms with Gasteiger partial charge in [-0.2, -0.15) is 0 Å². The largest absolute Gasteiger partial charge is 0.352 e. The second-order valence-corrected chi connectivity index (χ2v) is 6.26. The Kier molecular flexibility index (Phi) is 4.99. The van der Waals surface area contributed by atoms with E-state index in [4.69, 9.17) is 5.73 Å². The lowest BCUT2D eigenvalue weighted by atomic mass is 9.94. The lowest BCUT2D eigenvalue weighted by molar-refractivity contribution is -0.136. The van der Waals surface area contributed by atoms with Gasteiger partial charge in [-0.1, -0.05) is 6.92 Å². The van der Waals surface area contributed by atoms with Gasteiger partial charge in [0.15, 0.2) is 0 Å². The second kappa shape index (κ2) is 6.54. The summed E-state index contributed by atoms with van der Waals surface area (Å²) in [4.78, 5) is 27.3. The van der Waals surface area contributed by atoms with Crippen molar-refractivity contribution in [3.05, 3.63) is 0 Å². The number of nitrogens with zero attached hydrogens (tertiary/aromatic N) is 2. The van der Waals surface area contributed by atoms with E-state index in [-0.39, 0.29) is 24.4 Å². The summed E-state index contributed by atoms with van der Waals surface area (Å²) >= 11 is 0. The first-order valence-electron chi connectivity index (χ1n) is 7.47. The number of carbonyl (C=O) groups excluding carboxylic acids is 2. The van der Waals surface area contributed by atoms with Crippen LogP contribution in [-0.4, -0.2) is 66.9 Å². The molecule has 1 aliphatic heterocycles. The Bertz CT molecular complexity index is 370. The minimum absolute atomic E-state index is 0.0160. The number of carbonyl (C=O) groups is 2. The monoisotopic (exact) mass is 282 g/mol. The normalized spacial score (nSPS) is 27.1. The summed E-state index contributed by atoms with van der Waals surface area (Å²) in [6.07, 6.45) is 3.15. The predicted octanol–water partition coefficient (Wildman–Crippen LogP) is -0.607. The van der Waals surface area contributed by atoms with Crippen LogP contribution in [-0.2, 0) is 9.59 Å². The standard InChI is InChI=1S/C14H26N4O2/c1-10-5-6-18(7-12(10)15)9-14(20)17(2)8-13(19)16-11-3-4-11/h10-12H,3-9,15H2,1-2H3,(H,16,19). The zero-order chi connectivity index (χ0) is 14.7. The van der Waals surface area contributed by atoms with Crippen LogP contribution in [0.25, 0.3) is 0 Å². The average Bonchev–Trinajstić information content (AvgIpc) is 3.17. The van der Waals surface area contributed by atoms with Crippen LogP contribution in [0.3, 0.4) is 0 Å². The van der Waals surface area contributed by atoms with Crippen molar-refractivity contribution in [2.75, 3.05) is 33.2 Å². The summed E-state index contributed by atoms with van der Waals surface area (Å²) in [6, 6.07) is 0.479. The number of hydrogen-bond acceptors (Lipinski definition) is 4. The fraction of sp³-hybridized carbons (Fsp3) is 0.857. The molecule has 1 saturated carbocycles. The number of hydrogen-bond donors (Lipinski definition) is 2. The lowest BCUT2D eigenvalue weighted by Gasteiger charge is -2.35. The van der Waals surface area contributed by atoms with E-state index in [1.165, 1.54) is 4.90 Å². The molecule has 6 heteroatoms. The van der Waals surface area contributed by atoms with Crippen LogP contribution in [0.5, 0.6) is 0 Å². The first kappa shape index (κ1) is 15.3. The molecule has 2 fully saturated rings. The highest BCUT2D eigenvalue weighted by Crippen LogP contribution is 2.18. The first-order valence-corrected chi connectivity index (χ1v) is 7.47. The maximum Gasteiger partial charge on any atom is 0.239 e. The molecule has 1 aliphatic carbocycles. The van der Waals surface area contributed by atoms with Crippen LogP contribution in [0, 0.1) is 5.92 Å². The van der Waals surface area contributed by atoms with Gasteiger partial charge in [0, 0.05) is 25.7 Å². The molecular formula is C14H26N4O2. The van der Waals surface area contributed by atoms with Gasteiger partial charge >= 0.3 is 0 Å². The zero-order valence-electron chi connectivity index (χ0n) is 12.5. The molecule has 20 heavy (non-hydrogen) atoms. The molecule has 0 bridgehead atoms. The van der Waals surface area contributed by atoms with Crippen molar-refractivity contribution in [3.63, 3.8) is 0 Å². The van der Waals surface area contributed by atoms with Gasteiger partial charge < -0.3 is 16.0 Å². The molecule has 2 atom stereocenters. The number of likely N-dealkylation sites (N-methyl/N-ethyl adjacent to an activating group) is 1. The summed E-state index contributed by atoms with van der Waals surface area (Å²) in [5.74, 6) is 0.438. The highest BCUT2D eigenvalue weighted by molar-refractivity contribution is 5.85. The van der Waals surface area contributed by atoms with Crippen molar-refractivity contribution in [2.24, 2.45) is 11.7 Å². The van der Waals surface area contributed by atoms with Crippen LogP contribution in [0.1, 0.15) is 26.2 Å². The summed E-state index contributed by atoms with van der Waals surface area (Å²) in [5, 5.41) is 2.89. The molecule has 0 spiro atoms. The summed E-state index contributed by atoms with van der Waals surface area (Å²) in [5.41, 5.74) is 6.03. The van der Waals surface area contributed by atoms with Gasteiger partial charge in [-0.25, -0.2) is 0 Å². The van der Waals surface area contributed by atoms with Crippen molar-refractivity contribution < 1.29 is 9.59 Å². The molecule has 2 aliphatic rings. The predicted molar refractivity (Wildman–Crippen MR) is 77.0 cm³/mol. The Morgan fingerprint density at radius 3 is 2.65 bits per heavy atom.